The van der Waals surface area contributed by atoms with E-state index in [1.165, 1.54) is 17.8 Å². The van der Waals surface area contributed by atoms with Crippen molar-refractivity contribution in [1.82, 2.24) is 14.8 Å². The third kappa shape index (κ3) is 4.50. The summed E-state index contributed by atoms with van der Waals surface area (Å²) in [4.78, 5) is 13.6. The predicted octanol–water partition coefficient (Wildman–Crippen LogP) is 6.13. The number of nitrogens with zero attached hydrogens (tertiary/aromatic N) is 3. The SMILES string of the molecule is CC(Sc1nnc(-c2cccs2)n1C1CC1)C(=O)Nc1ccc(Cl)cc1C(F)(F)F. The van der Waals surface area contributed by atoms with Gasteiger partial charge in [0.05, 0.1) is 21.4 Å². The number of aromatic nitrogens is 3. The van der Waals surface area contributed by atoms with Crippen LogP contribution in [-0.4, -0.2) is 25.9 Å². The van der Waals surface area contributed by atoms with Crippen molar-refractivity contribution in [2.75, 3.05) is 5.32 Å². The van der Waals surface area contributed by atoms with Gasteiger partial charge in [0, 0.05) is 11.1 Å². The minimum atomic E-state index is -4.63. The highest BCUT2D eigenvalue weighted by Gasteiger charge is 2.35. The molecule has 0 spiro atoms. The Kier molecular flexibility index (Phi) is 5.82. The molecule has 0 saturated heterocycles. The van der Waals surface area contributed by atoms with E-state index in [2.05, 4.69) is 15.5 Å². The van der Waals surface area contributed by atoms with Crippen LogP contribution in [-0.2, 0) is 11.0 Å². The Hall–Kier alpha value is -2.04. The second-order valence-corrected chi connectivity index (χ2v) is 9.51. The van der Waals surface area contributed by atoms with Gasteiger partial charge in [0.25, 0.3) is 0 Å². The van der Waals surface area contributed by atoms with Crippen molar-refractivity contribution in [1.29, 1.82) is 0 Å². The minimum Gasteiger partial charge on any atom is -0.325 e. The van der Waals surface area contributed by atoms with E-state index in [-0.39, 0.29) is 16.8 Å². The minimum absolute atomic E-state index is 0.0543. The van der Waals surface area contributed by atoms with Gasteiger partial charge in [-0.3, -0.25) is 9.36 Å². The van der Waals surface area contributed by atoms with Gasteiger partial charge in [-0.25, -0.2) is 0 Å². The van der Waals surface area contributed by atoms with Crippen molar-refractivity contribution >= 4 is 46.3 Å². The van der Waals surface area contributed by atoms with Crippen LogP contribution in [0.5, 0.6) is 0 Å². The molecule has 1 aliphatic carbocycles. The monoisotopic (exact) mass is 472 g/mol. The maximum atomic E-state index is 13.3. The fourth-order valence-electron chi connectivity index (χ4n) is 2.90. The van der Waals surface area contributed by atoms with Crippen LogP contribution in [0.3, 0.4) is 0 Å². The first-order valence-corrected chi connectivity index (χ1v) is 11.2. The molecule has 0 aliphatic heterocycles. The number of alkyl halides is 3. The molecular formula is C19H16ClF3N4OS2. The molecule has 2 aromatic heterocycles. The highest BCUT2D eigenvalue weighted by atomic mass is 35.5. The van der Waals surface area contributed by atoms with E-state index in [9.17, 15) is 18.0 Å². The summed E-state index contributed by atoms with van der Waals surface area (Å²) in [6.07, 6.45) is -2.62. The molecule has 11 heteroatoms. The molecule has 0 radical (unpaired) electrons. The van der Waals surface area contributed by atoms with E-state index in [0.29, 0.717) is 5.16 Å². The number of nitrogens with one attached hydrogen (secondary N) is 1. The lowest BCUT2D eigenvalue weighted by atomic mass is 10.1. The Balaban J connectivity index is 1.53. The van der Waals surface area contributed by atoms with Gasteiger partial charge in [-0.1, -0.05) is 29.4 Å². The second-order valence-electron chi connectivity index (χ2n) is 6.82. The lowest BCUT2D eigenvalue weighted by Gasteiger charge is -2.17. The van der Waals surface area contributed by atoms with E-state index < -0.39 is 22.9 Å². The first-order chi connectivity index (χ1) is 14.2. The molecule has 0 bridgehead atoms. The van der Waals surface area contributed by atoms with E-state index in [0.717, 1.165) is 35.7 Å². The number of thiophene rings is 1. The largest absolute Gasteiger partial charge is 0.418 e. The Bertz CT molecular complexity index is 1060. The number of halogens is 4. The van der Waals surface area contributed by atoms with Crippen molar-refractivity contribution in [3.8, 4) is 10.7 Å². The average Bonchev–Trinajstić information content (AvgIpc) is 3.21. The molecule has 1 N–H and O–H groups in total. The molecule has 1 unspecified atom stereocenters. The lowest BCUT2D eigenvalue weighted by molar-refractivity contribution is -0.137. The number of hydrogen-bond acceptors (Lipinski definition) is 5. The fraction of sp³-hybridized carbons (Fsp3) is 0.316. The normalized spacial score (nSPS) is 15.2. The van der Waals surface area contributed by atoms with E-state index >= 15 is 0 Å². The number of benzene rings is 1. The highest BCUT2D eigenvalue weighted by Crippen LogP contribution is 2.42. The number of amides is 1. The summed E-state index contributed by atoms with van der Waals surface area (Å²) in [5, 5.41) is 12.7. The number of hydrogen-bond donors (Lipinski definition) is 1. The number of carbonyl (C=O) groups excluding carboxylic acids is 1. The maximum absolute atomic E-state index is 13.3. The summed E-state index contributed by atoms with van der Waals surface area (Å²) >= 11 is 8.42. The number of thioether (sulfide) groups is 1. The Labute approximate surface area is 183 Å². The predicted molar refractivity (Wildman–Crippen MR) is 112 cm³/mol. The molecule has 1 saturated carbocycles. The first-order valence-electron chi connectivity index (χ1n) is 9.07. The topological polar surface area (TPSA) is 59.8 Å². The Morgan fingerprint density at radius 3 is 2.73 bits per heavy atom. The average molecular weight is 473 g/mol. The first kappa shape index (κ1) is 21.2. The molecule has 1 atom stereocenters. The zero-order chi connectivity index (χ0) is 21.5. The van der Waals surface area contributed by atoms with Crippen LogP contribution in [0.25, 0.3) is 10.7 Å². The van der Waals surface area contributed by atoms with Crippen LogP contribution in [0.4, 0.5) is 18.9 Å². The van der Waals surface area contributed by atoms with Crippen LogP contribution in [0.2, 0.25) is 5.02 Å². The quantitative estimate of drug-likeness (QED) is 0.438. The number of anilines is 1. The Morgan fingerprint density at radius 1 is 1.33 bits per heavy atom. The summed E-state index contributed by atoms with van der Waals surface area (Å²) in [5.74, 6) is 0.190. The van der Waals surface area contributed by atoms with Crippen LogP contribution in [0.1, 0.15) is 31.4 Å². The van der Waals surface area contributed by atoms with Crippen LogP contribution < -0.4 is 5.32 Å². The van der Waals surface area contributed by atoms with Gasteiger partial charge >= 0.3 is 6.18 Å². The second kappa shape index (κ2) is 8.24. The third-order valence-electron chi connectivity index (χ3n) is 4.51. The summed E-state index contributed by atoms with van der Waals surface area (Å²) in [5.41, 5.74) is -1.31. The van der Waals surface area contributed by atoms with Crippen molar-refractivity contribution in [3.05, 3.63) is 46.3 Å². The third-order valence-corrected chi connectivity index (χ3v) is 6.67. The summed E-state index contributed by atoms with van der Waals surface area (Å²) in [7, 11) is 0. The lowest BCUT2D eigenvalue weighted by Crippen LogP contribution is -2.24. The molecule has 1 aliphatic rings. The molecule has 1 aromatic carbocycles. The van der Waals surface area contributed by atoms with Crippen LogP contribution in [0, 0.1) is 0 Å². The van der Waals surface area contributed by atoms with Crippen LogP contribution in [0.15, 0.2) is 40.9 Å². The van der Waals surface area contributed by atoms with Gasteiger partial charge in [0.1, 0.15) is 0 Å². The van der Waals surface area contributed by atoms with Gasteiger partial charge in [0.2, 0.25) is 5.91 Å². The molecule has 3 aromatic rings. The molecule has 2 heterocycles. The zero-order valence-electron chi connectivity index (χ0n) is 15.6. The summed E-state index contributed by atoms with van der Waals surface area (Å²) in [6, 6.07) is 7.43. The van der Waals surface area contributed by atoms with E-state index in [1.54, 1.807) is 18.3 Å². The molecule has 1 amide bonds. The number of carbonyl (C=O) groups is 1. The highest BCUT2D eigenvalue weighted by molar-refractivity contribution is 8.00. The van der Waals surface area contributed by atoms with Crippen molar-refractivity contribution < 1.29 is 18.0 Å². The van der Waals surface area contributed by atoms with Gasteiger partial charge in [0.15, 0.2) is 11.0 Å². The van der Waals surface area contributed by atoms with Crippen LogP contribution >= 0.6 is 34.7 Å². The van der Waals surface area contributed by atoms with Gasteiger partial charge in [-0.05, 0) is 49.4 Å². The number of rotatable bonds is 6. The summed E-state index contributed by atoms with van der Waals surface area (Å²) < 4.78 is 41.8. The van der Waals surface area contributed by atoms with Gasteiger partial charge in [-0.15, -0.1) is 21.5 Å². The van der Waals surface area contributed by atoms with Crippen molar-refractivity contribution in [3.63, 3.8) is 0 Å². The molecule has 158 valence electrons. The zero-order valence-corrected chi connectivity index (χ0v) is 18.0. The van der Waals surface area contributed by atoms with Gasteiger partial charge < -0.3 is 5.32 Å². The molecule has 5 nitrogen and oxygen atoms in total. The maximum Gasteiger partial charge on any atom is 0.418 e. The van der Waals surface area contributed by atoms with Gasteiger partial charge in [-0.2, -0.15) is 13.2 Å². The molecule has 30 heavy (non-hydrogen) atoms. The standard InChI is InChI=1S/C19H16ClF3N4OS2/c1-10(17(28)24-14-7-4-11(20)9-13(14)19(21,22)23)30-18-26-25-16(15-3-2-8-29-15)27(18)12-5-6-12/h2-4,7-10,12H,5-6H2,1H3,(H,24,28). The smallest absolute Gasteiger partial charge is 0.325 e. The van der Waals surface area contributed by atoms with E-state index in [1.807, 2.05) is 22.1 Å². The molecule has 4 rings (SSSR count). The Morgan fingerprint density at radius 2 is 2.10 bits per heavy atom. The molecular weight excluding hydrogens is 457 g/mol. The van der Waals surface area contributed by atoms with Crippen molar-refractivity contribution in [2.24, 2.45) is 0 Å². The molecule has 1 fully saturated rings. The van der Waals surface area contributed by atoms with E-state index in [4.69, 9.17) is 11.6 Å². The fourth-order valence-corrected chi connectivity index (χ4v) is 4.70. The van der Waals surface area contributed by atoms with Crippen molar-refractivity contribution in [2.45, 2.75) is 42.4 Å². The summed E-state index contributed by atoms with van der Waals surface area (Å²) in [6.45, 7) is 1.62.